The minimum Gasteiger partial charge on any atom is -0.478 e. The predicted molar refractivity (Wildman–Crippen MR) is 153 cm³/mol. The Hall–Kier alpha value is -4.44. The van der Waals surface area contributed by atoms with Gasteiger partial charge in [-0.1, -0.05) is 18.2 Å². The Morgan fingerprint density at radius 3 is 2.64 bits per heavy atom. The van der Waals surface area contributed by atoms with E-state index in [2.05, 4.69) is 38.6 Å². The van der Waals surface area contributed by atoms with Crippen LogP contribution in [0.3, 0.4) is 0 Å². The minimum atomic E-state index is -0.879. The number of aryl methyl sites for hydroxylation is 2. The molecule has 6 rings (SSSR count). The second-order valence-electron chi connectivity index (χ2n) is 9.97. The molecule has 10 heteroatoms. The average Bonchev–Trinajstić information content (AvgIpc) is 3.52. The third-order valence-electron chi connectivity index (χ3n) is 7.03. The number of hydrogen-bond donors (Lipinski definition) is 3. The number of piperazine rings is 1. The molecule has 0 aliphatic carbocycles. The molecule has 2 aliphatic heterocycles. The molecule has 2 amide bonds. The summed E-state index contributed by atoms with van der Waals surface area (Å²) < 4.78 is 1.79. The lowest BCUT2D eigenvalue weighted by molar-refractivity contribution is 0.0697. The van der Waals surface area contributed by atoms with Crippen LogP contribution in [0.4, 0.5) is 22.0 Å². The number of carbonyl (C=O) groups is 2. The molecular weight excluding hydrogens is 494 g/mol. The van der Waals surface area contributed by atoms with Crippen molar-refractivity contribution in [2.75, 3.05) is 41.3 Å². The molecule has 0 spiro atoms. The Morgan fingerprint density at radius 1 is 1.13 bits per heavy atom. The molecule has 202 valence electrons. The van der Waals surface area contributed by atoms with Gasteiger partial charge in [-0.3, -0.25) is 9.58 Å². The summed E-state index contributed by atoms with van der Waals surface area (Å²) >= 11 is 0. The molecular formula is C29H33N7O3. The van der Waals surface area contributed by atoms with Crippen LogP contribution in [0.2, 0.25) is 0 Å². The van der Waals surface area contributed by atoms with E-state index in [4.69, 9.17) is 5.11 Å². The van der Waals surface area contributed by atoms with E-state index in [0.29, 0.717) is 18.2 Å². The number of nitrogens with one attached hydrogen (secondary N) is 2. The number of amides is 2. The van der Waals surface area contributed by atoms with E-state index in [-0.39, 0.29) is 6.03 Å². The molecule has 0 bridgehead atoms. The number of benzene rings is 2. The van der Waals surface area contributed by atoms with Gasteiger partial charge in [0.25, 0.3) is 0 Å². The number of anilines is 3. The highest BCUT2D eigenvalue weighted by atomic mass is 16.4. The fraction of sp³-hybridized carbons (Fsp3) is 0.310. The number of carboxylic acid groups (broad SMARTS) is 1. The lowest BCUT2D eigenvalue weighted by atomic mass is 10.1. The van der Waals surface area contributed by atoms with Crippen molar-refractivity contribution in [3.8, 4) is 0 Å². The van der Waals surface area contributed by atoms with Gasteiger partial charge in [-0.25, -0.2) is 14.6 Å². The van der Waals surface area contributed by atoms with Crippen molar-refractivity contribution in [1.82, 2.24) is 20.1 Å². The van der Waals surface area contributed by atoms with Gasteiger partial charge in [-0.15, -0.1) is 0 Å². The first kappa shape index (κ1) is 26.2. The highest BCUT2D eigenvalue weighted by molar-refractivity contribution is 6.04. The van der Waals surface area contributed by atoms with Crippen molar-refractivity contribution >= 4 is 40.1 Å². The molecule has 2 aromatic carbocycles. The largest absolute Gasteiger partial charge is 0.478 e. The van der Waals surface area contributed by atoms with Crippen molar-refractivity contribution in [2.24, 2.45) is 7.05 Å². The zero-order valence-electron chi connectivity index (χ0n) is 22.4. The van der Waals surface area contributed by atoms with Crippen molar-refractivity contribution < 1.29 is 14.7 Å². The number of aromatic nitrogens is 3. The van der Waals surface area contributed by atoms with Crippen LogP contribution in [-0.2, 0) is 13.5 Å². The number of fused-ring (bicyclic) bond motifs is 2. The number of carbonyl (C=O) groups excluding carboxylic acids is 1. The number of rotatable bonds is 3. The molecule has 0 unspecified atom stereocenters. The molecule has 2 aliphatic rings. The Kier molecular flexibility index (Phi) is 7.47. The van der Waals surface area contributed by atoms with Gasteiger partial charge in [-0.2, -0.15) is 5.10 Å². The zero-order chi connectivity index (χ0) is 27.5. The SMILES string of the molecule is Cc1cc2nn(C)cc2cc1NC(=O)N1CCc2c(N3CCN[C@@H](C)C3)ccnc21.O=C(O)c1ccccc1. The molecule has 10 nitrogen and oxygen atoms in total. The van der Waals surface area contributed by atoms with E-state index in [1.165, 1.54) is 11.3 Å². The van der Waals surface area contributed by atoms with Gasteiger partial charge in [0, 0.05) is 74.0 Å². The lowest BCUT2D eigenvalue weighted by Crippen LogP contribution is -2.49. The number of carboxylic acids is 1. The molecule has 3 N–H and O–H groups in total. The molecule has 4 aromatic rings. The third-order valence-corrected chi connectivity index (χ3v) is 7.03. The first-order valence-electron chi connectivity index (χ1n) is 13.1. The molecule has 1 atom stereocenters. The van der Waals surface area contributed by atoms with Crippen molar-refractivity contribution in [3.05, 3.63) is 77.6 Å². The Balaban J connectivity index is 0.000000292. The smallest absolute Gasteiger partial charge is 0.335 e. The van der Waals surface area contributed by atoms with E-state index in [1.807, 2.05) is 38.5 Å². The summed E-state index contributed by atoms with van der Waals surface area (Å²) in [6, 6.07) is 14.7. The number of hydrogen-bond acceptors (Lipinski definition) is 6. The second-order valence-corrected chi connectivity index (χ2v) is 9.97. The summed E-state index contributed by atoms with van der Waals surface area (Å²) in [5.74, 6) is -0.105. The first-order chi connectivity index (χ1) is 18.8. The van der Waals surface area contributed by atoms with E-state index in [0.717, 1.165) is 54.0 Å². The van der Waals surface area contributed by atoms with Crippen LogP contribution >= 0.6 is 0 Å². The van der Waals surface area contributed by atoms with Gasteiger partial charge in [-0.05, 0) is 56.2 Å². The molecule has 39 heavy (non-hydrogen) atoms. The minimum absolute atomic E-state index is 0.140. The van der Waals surface area contributed by atoms with E-state index in [9.17, 15) is 9.59 Å². The first-order valence-corrected chi connectivity index (χ1v) is 13.1. The molecule has 1 saturated heterocycles. The maximum absolute atomic E-state index is 13.1. The van der Waals surface area contributed by atoms with Gasteiger partial charge in [0.05, 0.1) is 11.1 Å². The lowest BCUT2D eigenvalue weighted by Gasteiger charge is -2.34. The molecule has 1 fully saturated rings. The number of pyridine rings is 1. The van der Waals surface area contributed by atoms with Gasteiger partial charge in [0.15, 0.2) is 0 Å². The Labute approximate surface area is 227 Å². The van der Waals surface area contributed by atoms with Crippen LogP contribution in [0.1, 0.15) is 28.4 Å². The predicted octanol–water partition coefficient (Wildman–Crippen LogP) is 4.05. The van der Waals surface area contributed by atoms with Crippen LogP contribution in [0, 0.1) is 6.92 Å². The van der Waals surface area contributed by atoms with Crippen LogP contribution < -0.4 is 20.4 Å². The van der Waals surface area contributed by atoms with Gasteiger partial charge in [0.2, 0.25) is 0 Å². The van der Waals surface area contributed by atoms with Gasteiger partial charge >= 0.3 is 12.0 Å². The number of aromatic carboxylic acids is 1. The van der Waals surface area contributed by atoms with E-state index in [1.54, 1.807) is 39.9 Å². The maximum atomic E-state index is 13.1. The normalized spacial score (nSPS) is 16.4. The van der Waals surface area contributed by atoms with Crippen LogP contribution in [0.15, 0.2) is 60.9 Å². The standard InChI is InChI=1S/C22H27N7O.C7H6O2/c1-14-10-19-16(13-27(3)26-19)11-18(14)25-22(30)29-8-5-17-20(4-6-24-21(17)29)28-9-7-23-15(2)12-28;8-7(9)6-4-2-1-3-5-6/h4,6,10-11,13,15,23H,5,7-9,12H2,1-3H3,(H,25,30);1-5H,(H,8,9)/t15-;/m0./s1. The van der Waals surface area contributed by atoms with E-state index >= 15 is 0 Å². The Morgan fingerprint density at radius 2 is 1.92 bits per heavy atom. The van der Waals surface area contributed by atoms with Crippen molar-refractivity contribution in [3.63, 3.8) is 0 Å². The molecule has 2 aromatic heterocycles. The number of nitrogens with zero attached hydrogens (tertiary/aromatic N) is 5. The molecule has 0 radical (unpaired) electrons. The van der Waals surface area contributed by atoms with Crippen molar-refractivity contribution in [1.29, 1.82) is 0 Å². The van der Waals surface area contributed by atoms with E-state index < -0.39 is 5.97 Å². The Bertz CT molecular complexity index is 1500. The summed E-state index contributed by atoms with van der Waals surface area (Å²) in [5.41, 5.74) is 5.43. The number of urea groups is 1. The fourth-order valence-corrected chi connectivity index (χ4v) is 5.12. The monoisotopic (exact) mass is 527 g/mol. The van der Waals surface area contributed by atoms with Crippen molar-refractivity contribution in [2.45, 2.75) is 26.3 Å². The summed E-state index contributed by atoms with van der Waals surface area (Å²) in [7, 11) is 1.90. The highest BCUT2D eigenvalue weighted by Crippen LogP contribution is 2.35. The van der Waals surface area contributed by atoms with Crippen LogP contribution in [-0.4, -0.2) is 64.1 Å². The maximum Gasteiger partial charge on any atom is 0.335 e. The van der Waals surface area contributed by atoms with Gasteiger partial charge in [0.1, 0.15) is 5.82 Å². The van der Waals surface area contributed by atoms with Crippen LogP contribution in [0.5, 0.6) is 0 Å². The topological polar surface area (TPSA) is 116 Å². The summed E-state index contributed by atoms with van der Waals surface area (Å²) in [5, 5.41) is 20.4. The molecule has 0 saturated carbocycles. The summed E-state index contributed by atoms with van der Waals surface area (Å²) in [4.78, 5) is 32.1. The quantitative estimate of drug-likeness (QED) is 0.368. The average molecular weight is 528 g/mol. The highest BCUT2D eigenvalue weighted by Gasteiger charge is 2.30. The fourth-order valence-electron chi connectivity index (χ4n) is 5.12. The van der Waals surface area contributed by atoms with Gasteiger partial charge < -0.3 is 20.6 Å². The summed E-state index contributed by atoms with van der Waals surface area (Å²) in [6.07, 6.45) is 4.60. The molecule has 4 heterocycles. The zero-order valence-corrected chi connectivity index (χ0v) is 22.4. The third kappa shape index (κ3) is 5.70. The van der Waals surface area contributed by atoms with Crippen LogP contribution in [0.25, 0.3) is 10.9 Å². The second kappa shape index (κ2) is 11.1. The summed E-state index contributed by atoms with van der Waals surface area (Å²) in [6.45, 7) is 7.74.